The highest BCUT2D eigenvalue weighted by atomic mass is 32.2. The van der Waals surface area contributed by atoms with Gasteiger partial charge in [-0.25, -0.2) is 8.42 Å². The monoisotopic (exact) mass is 328 g/mol. The van der Waals surface area contributed by atoms with Crippen LogP contribution < -0.4 is 15.2 Å². The molecular weight excluding hydrogens is 304 g/mol. The Kier molecular flexibility index (Phi) is 5.66. The molecule has 0 aromatic heterocycles. The molecule has 2 N–H and O–H groups in total. The first-order valence-electron chi connectivity index (χ1n) is 7.62. The molecule has 1 aromatic rings. The highest BCUT2D eigenvalue weighted by molar-refractivity contribution is 7.89. The quantitative estimate of drug-likeness (QED) is 0.819. The van der Waals surface area contributed by atoms with Gasteiger partial charge in [0.15, 0.2) is 11.5 Å². The summed E-state index contributed by atoms with van der Waals surface area (Å²) in [6, 6.07) is 4.76. The Labute approximate surface area is 132 Å². The molecule has 1 aliphatic heterocycles. The van der Waals surface area contributed by atoms with Gasteiger partial charge in [0, 0.05) is 19.2 Å². The third-order valence-corrected chi connectivity index (χ3v) is 5.60. The van der Waals surface area contributed by atoms with Crippen molar-refractivity contribution in [3.63, 3.8) is 0 Å². The highest BCUT2D eigenvalue weighted by Crippen LogP contribution is 2.32. The average Bonchev–Trinajstić information content (AvgIpc) is 2.99. The summed E-state index contributed by atoms with van der Waals surface area (Å²) in [6.07, 6.45) is 0.811. The molecule has 0 amide bonds. The summed E-state index contributed by atoms with van der Waals surface area (Å²) in [7, 11) is -3.51. The summed E-state index contributed by atoms with van der Waals surface area (Å²) >= 11 is 0. The number of sulfonamides is 1. The fourth-order valence-corrected chi connectivity index (χ4v) is 4.10. The number of ether oxygens (including phenoxy) is 2. The minimum absolute atomic E-state index is 0.233. The van der Waals surface area contributed by atoms with Gasteiger partial charge in [-0.05, 0) is 44.9 Å². The molecule has 1 unspecified atom stereocenters. The molecule has 1 atom stereocenters. The fourth-order valence-electron chi connectivity index (χ4n) is 2.55. The molecule has 1 aliphatic rings. The number of hydrogen-bond donors (Lipinski definition) is 1. The lowest BCUT2D eigenvalue weighted by Crippen LogP contribution is -2.30. The summed E-state index contributed by atoms with van der Waals surface area (Å²) in [5.41, 5.74) is 5.64. The summed E-state index contributed by atoms with van der Waals surface area (Å²) in [5.74, 6) is 1.26. The van der Waals surface area contributed by atoms with Crippen LogP contribution >= 0.6 is 0 Å². The Morgan fingerprint density at radius 3 is 2.50 bits per heavy atom. The smallest absolute Gasteiger partial charge is 0.243 e. The van der Waals surface area contributed by atoms with E-state index in [-0.39, 0.29) is 10.8 Å². The van der Waals surface area contributed by atoms with Crippen molar-refractivity contribution in [2.45, 2.75) is 25.2 Å². The predicted octanol–water partition coefficient (Wildman–Crippen LogP) is 1.45. The Morgan fingerprint density at radius 2 is 1.91 bits per heavy atom. The normalized spacial score (nSPS) is 19.3. The standard InChI is InChI=1S/C15H24N2O4S/c1-3-20-14-6-5-13(9-15(14)21-4-2)22(18,19)17-8-7-12(10-16)11-17/h5-6,9,12H,3-4,7-8,10-11,16H2,1-2H3. The van der Waals surface area contributed by atoms with Crippen LogP contribution in [0.15, 0.2) is 23.1 Å². The van der Waals surface area contributed by atoms with Gasteiger partial charge in [-0.2, -0.15) is 4.31 Å². The molecule has 6 nitrogen and oxygen atoms in total. The lowest BCUT2D eigenvalue weighted by atomic mass is 10.1. The second-order valence-electron chi connectivity index (χ2n) is 5.23. The van der Waals surface area contributed by atoms with Crippen molar-refractivity contribution in [1.29, 1.82) is 0 Å². The maximum Gasteiger partial charge on any atom is 0.243 e. The second-order valence-corrected chi connectivity index (χ2v) is 7.17. The minimum Gasteiger partial charge on any atom is -0.490 e. The van der Waals surface area contributed by atoms with Crippen LogP contribution in [0.3, 0.4) is 0 Å². The SMILES string of the molecule is CCOc1ccc(S(=O)(=O)N2CCC(CN)C2)cc1OCC. The number of nitrogens with zero attached hydrogens (tertiary/aromatic N) is 1. The summed E-state index contributed by atoms with van der Waals surface area (Å²) in [5, 5.41) is 0. The Hall–Kier alpha value is -1.31. The van der Waals surface area contributed by atoms with Crippen molar-refractivity contribution in [3.05, 3.63) is 18.2 Å². The zero-order valence-corrected chi connectivity index (χ0v) is 13.9. The molecule has 0 spiro atoms. The molecule has 0 bridgehead atoms. The third kappa shape index (κ3) is 3.53. The van der Waals surface area contributed by atoms with Gasteiger partial charge in [-0.3, -0.25) is 0 Å². The zero-order valence-electron chi connectivity index (χ0n) is 13.1. The minimum atomic E-state index is -3.51. The van der Waals surface area contributed by atoms with Gasteiger partial charge in [-0.1, -0.05) is 0 Å². The molecule has 1 heterocycles. The van der Waals surface area contributed by atoms with Gasteiger partial charge >= 0.3 is 0 Å². The van der Waals surface area contributed by atoms with Crippen LogP contribution in [0.5, 0.6) is 11.5 Å². The van der Waals surface area contributed by atoms with E-state index in [1.54, 1.807) is 18.2 Å². The first kappa shape index (κ1) is 17.1. The summed E-state index contributed by atoms with van der Waals surface area (Å²) < 4.78 is 37.9. The number of benzene rings is 1. The molecule has 124 valence electrons. The zero-order chi connectivity index (χ0) is 16.2. The number of rotatable bonds is 7. The van der Waals surface area contributed by atoms with Gasteiger partial charge < -0.3 is 15.2 Å². The van der Waals surface area contributed by atoms with E-state index in [4.69, 9.17) is 15.2 Å². The fraction of sp³-hybridized carbons (Fsp3) is 0.600. The lowest BCUT2D eigenvalue weighted by molar-refractivity contribution is 0.287. The Morgan fingerprint density at radius 1 is 1.23 bits per heavy atom. The molecule has 0 aliphatic carbocycles. The van der Waals surface area contributed by atoms with Crippen LogP contribution in [0.1, 0.15) is 20.3 Å². The van der Waals surface area contributed by atoms with E-state index in [1.807, 2.05) is 13.8 Å². The maximum atomic E-state index is 12.7. The first-order valence-corrected chi connectivity index (χ1v) is 9.06. The van der Waals surface area contributed by atoms with E-state index in [0.717, 1.165) is 6.42 Å². The number of nitrogens with two attached hydrogens (primary N) is 1. The predicted molar refractivity (Wildman–Crippen MR) is 84.7 cm³/mol. The van der Waals surface area contributed by atoms with Crippen LogP contribution in [-0.4, -0.2) is 45.6 Å². The molecule has 2 rings (SSSR count). The third-order valence-electron chi connectivity index (χ3n) is 3.73. The molecule has 0 radical (unpaired) electrons. The van der Waals surface area contributed by atoms with Crippen LogP contribution in [0.25, 0.3) is 0 Å². The van der Waals surface area contributed by atoms with Gasteiger partial charge in [0.05, 0.1) is 18.1 Å². The number of hydrogen-bond acceptors (Lipinski definition) is 5. The molecular formula is C15H24N2O4S. The molecule has 1 saturated heterocycles. The van der Waals surface area contributed by atoms with Gasteiger partial charge in [0.25, 0.3) is 0 Å². The van der Waals surface area contributed by atoms with E-state index >= 15 is 0 Å². The summed E-state index contributed by atoms with van der Waals surface area (Å²) in [6.45, 7) is 6.18. The van der Waals surface area contributed by atoms with Crippen molar-refractivity contribution in [2.24, 2.45) is 11.7 Å². The van der Waals surface area contributed by atoms with Crippen molar-refractivity contribution < 1.29 is 17.9 Å². The van der Waals surface area contributed by atoms with Crippen molar-refractivity contribution >= 4 is 10.0 Å². The van der Waals surface area contributed by atoms with Gasteiger partial charge in [-0.15, -0.1) is 0 Å². The van der Waals surface area contributed by atoms with Crippen LogP contribution in [0.2, 0.25) is 0 Å². The Bertz CT molecular complexity index is 604. The van der Waals surface area contributed by atoms with E-state index in [9.17, 15) is 8.42 Å². The van der Waals surface area contributed by atoms with E-state index < -0.39 is 10.0 Å². The summed E-state index contributed by atoms with van der Waals surface area (Å²) in [4.78, 5) is 0.233. The highest BCUT2D eigenvalue weighted by Gasteiger charge is 2.32. The van der Waals surface area contributed by atoms with E-state index in [1.165, 1.54) is 4.31 Å². The van der Waals surface area contributed by atoms with Crippen molar-refractivity contribution in [3.8, 4) is 11.5 Å². The largest absolute Gasteiger partial charge is 0.490 e. The van der Waals surface area contributed by atoms with Crippen molar-refractivity contribution in [2.75, 3.05) is 32.8 Å². The van der Waals surface area contributed by atoms with Crippen LogP contribution in [0.4, 0.5) is 0 Å². The van der Waals surface area contributed by atoms with Gasteiger partial charge in [0.1, 0.15) is 0 Å². The Balaban J connectivity index is 2.29. The van der Waals surface area contributed by atoms with Crippen LogP contribution in [0, 0.1) is 5.92 Å². The van der Waals surface area contributed by atoms with Crippen molar-refractivity contribution in [1.82, 2.24) is 4.31 Å². The molecule has 22 heavy (non-hydrogen) atoms. The van der Waals surface area contributed by atoms with Gasteiger partial charge in [0.2, 0.25) is 10.0 Å². The molecule has 1 fully saturated rings. The lowest BCUT2D eigenvalue weighted by Gasteiger charge is -2.18. The van der Waals surface area contributed by atoms with E-state index in [0.29, 0.717) is 44.3 Å². The molecule has 0 saturated carbocycles. The van der Waals surface area contributed by atoms with Crippen LogP contribution in [-0.2, 0) is 10.0 Å². The average molecular weight is 328 g/mol. The first-order chi connectivity index (χ1) is 10.5. The van der Waals surface area contributed by atoms with E-state index in [2.05, 4.69) is 0 Å². The topological polar surface area (TPSA) is 81.9 Å². The molecule has 1 aromatic carbocycles. The molecule has 7 heteroatoms. The maximum absolute atomic E-state index is 12.7. The second kappa shape index (κ2) is 7.30.